The first-order valence-electron chi connectivity index (χ1n) is 7.26. The summed E-state index contributed by atoms with van der Waals surface area (Å²) in [6, 6.07) is 19.6. The van der Waals surface area contributed by atoms with Crippen molar-refractivity contribution in [2.75, 3.05) is 5.32 Å². The highest BCUT2D eigenvalue weighted by Crippen LogP contribution is 2.26. The fourth-order valence-corrected chi connectivity index (χ4v) is 2.36. The van der Waals surface area contributed by atoms with Gasteiger partial charge >= 0.3 is 0 Å². The maximum absolute atomic E-state index is 4.66. The maximum atomic E-state index is 4.66. The second-order valence-electron chi connectivity index (χ2n) is 4.98. The van der Waals surface area contributed by atoms with E-state index in [1.165, 1.54) is 0 Å². The van der Waals surface area contributed by atoms with Crippen LogP contribution in [0.15, 0.2) is 73.1 Å². The van der Waals surface area contributed by atoms with Crippen LogP contribution < -0.4 is 5.32 Å². The summed E-state index contributed by atoms with van der Waals surface area (Å²) in [5.41, 5.74) is 1.84. The van der Waals surface area contributed by atoms with E-state index in [2.05, 4.69) is 25.3 Å². The topological polar surface area (TPSA) is 63.6 Å². The van der Waals surface area contributed by atoms with E-state index in [0.717, 1.165) is 16.5 Å². The molecule has 0 aliphatic heterocycles. The lowest BCUT2D eigenvalue weighted by atomic mass is 10.2. The van der Waals surface area contributed by atoms with Gasteiger partial charge in [0, 0.05) is 23.3 Å². The Balaban J connectivity index is 1.87. The normalized spacial score (nSPS) is 10.6. The summed E-state index contributed by atoms with van der Waals surface area (Å²) in [6.07, 6.45) is 3.38. The van der Waals surface area contributed by atoms with Gasteiger partial charge in [-0.25, -0.2) is 19.9 Å². The van der Waals surface area contributed by atoms with E-state index in [9.17, 15) is 0 Å². The average Bonchev–Trinajstić information content (AvgIpc) is 2.63. The Morgan fingerprint density at radius 1 is 0.696 bits per heavy atom. The molecule has 0 fully saturated rings. The summed E-state index contributed by atoms with van der Waals surface area (Å²) in [5, 5.41) is 4.11. The Morgan fingerprint density at radius 2 is 1.43 bits per heavy atom. The lowest BCUT2D eigenvalue weighted by Gasteiger charge is -2.09. The molecule has 0 unspecified atom stereocenters. The van der Waals surface area contributed by atoms with Gasteiger partial charge in [0.15, 0.2) is 5.82 Å². The van der Waals surface area contributed by atoms with Crippen molar-refractivity contribution in [2.24, 2.45) is 0 Å². The first-order valence-corrected chi connectivity index (χ1v) is 7.26. The van der Waals surface area contributed by atoms with Crippen molar-refractivity contribution in [2.45, 2.75) is 0 Å². The van der Waals surface area contributed by atoms with Gasteiger partial charge in [-0.05, 0) is 18.2 Å². The van der Waals surface area contributed by atoms with Gasteiger partial charge < -0.3 is 5.32 Å². The summed E-state index contributed by atoms with van der Waals surface area (Å²) < 4.78 is 0. The molecule has 4 rings (SSSR count). The van der Waals surface area contributed by atoms with E-state index in [0.29, 0.717) is 17.6 Å². The van der Waals surface area contributed by atoms with E-state index in [1.807, 2.05) is 54.6 Å². The second-order valence-corrected chi connectivity index (χ2v) is 4.98. The van der Waals surface area contributed by atoms with Crippen LogP contribution in [0.5, 0.6) is 0 Å². The Bertz CT molecular complexity index is 939. The molecule has 0 aliphatic carbocycles. The van der Waals surface area contributed by atoms with Gasteiger partial charge in [-0.3, -0.25) is 0 Å². The van der Waals surface area contributed by atoms with Crippen LogP contribution in [-0.2, 0) is 0 Å². The van der Waals surface area contributed by atoms with Crippen LogP contribution in [0, 0.1) is 0 Å². The number of nitrogens with zero attached hydrogens (tertiary/aromatic N) is 4. The zero-order valence-electron chi connectivity index (χ0n) is 12.2. The van der Waals surface area contributed by atoms with Gasteiger partial charge in [-0.2, -0.15) is 0 Å². The molecule has 0 saturated heterocycles. The third-order valence-corrected chi connectivity index (χ3v) is 3.43. The highest BCUT2D eigenvalue weighted by Gasteiger charge is 2.10. The Hall–Kier alpha value is -3.34. The minimum atomic E-state index is 0.510. The molecule has 4 aromatic rings. The highest BCUT2D eigenvalue weighted by molar-refractivity contribution is 5.91. The third-order valence-electron chi connectivity index (χ3n) is 3.43. The molecular formula is C18H13N5. The van der Waals surface area contributed by atoms with Crippen molar-refractivity contribution in [3.05, 3.63) is 73.1 Å². The molecule has 23 heavy (non-hydrogen) atoms. The number of hydrogen-bond donors (Lipinski definition) is 1. The second kappa shape index (κ2) is 5.81. The monoisotopic (exact) mass is 299 g/mol. The zero-order valence-corrected chi connectivity index (χ0v) is 12.2. The van der Waals surface area contributed by atoms with Crippen molar-refractivity contribution in [3.63, 3.8) is 0 Å². The lowest BCUT2D eigenvalue weighted by Crippen LogP contribution is -2.01. The van der Waals surface area contributed by atoms with Gasteiger partial charge in [0.1, 0.15) is 5.82 Å². The van der Waals surface area contributed by atoms with Gasteiger partial charge in [-0.1, -0.05) is 42.5 Å². The summed E-state index contributed by atoms with van der Waals surface area (Å²) >= 11 is 0. The number of para-hydroxylation sites is 1. The summed E-state index contributed by atoms with van der Waals surface area (Å²) in [4.78, 5) is 17.7. The van der Waals surface area contributed by atoms with Gasteiger partial charge in [-0.15, -0.1) is 0 Å². The van der Waals surface area contributed by atoms with Crippen molar-refractivity contribution in [3.8, 4) is 11.4 Å². The number of aromatic nitrogens is 4. The molecule has 0 saturated carbocycles. The molecule has 1 N–H and O–H groups in total. The summed E-state index contributed by atoms with van der Waals surface area (Å²) in [5.74, 6) is 1.87. The number of anilines is 2. The standard InChI is InChI=1S/C18H13N5/c1-2-7-13(8-3-1)16-21-15-10-5-4-9-14(15)17(22-16)23-18-19-11-6-12-20-18/h1-12H,(H,19,20,21,22,23). The van der Waals surface area contributed by atoms with Crippen LogP contribution in [0.4, 0.5) is 11.8 Å². The van der Waals surface area contributed by atoms with Gasteiger partial charge in [0.05, 0.1) is 5.52 Å². The van der Waals surface area contributed by atoms with Crippen molar-refractivity contribution in [1.29, 1.82) is 0 Å². The first kappa shape index (κ1) is 13.3. The molecule has 0 aliphatic rings. The number of benzene rings is 2. The van der Waals surface area contributed by atoms with Crippen LogP contribution in [0.3, 0.4) is 0 Å². The van der Waals surface area contributed by atoms with E-state index in [-0.39, 0.29) is 0 Å². The SMILES string of the molecule is c1ccc(-c2nc(Nc3ncccn3)c3ccccc3n2)cc1. The number of rotatable bonds is 3. The predicted octanol–water partition coefficient (Wildman–Crippen LogP) is 3.83. The van der Waals surface area contributed by atoms with E-state index < -0.39 is 0 Å². The number of hydrogen-bond acceptors (Lipinski definition) is 5. The smallest absolute Gasteiger partial charge is 0.228 e. The first-order chi connectivity index (χ1) is 11.4. The van der Waals surface area contributed by atoms with Crippen LogP contribution in [0.1, 0.15) is 0 Å². The molecule has 2 heterocycles. The van der Waals surface area contributed by atoms with Gasteiger partial charge in [0.2, 0.25) is 5.95 Å². The quantitative estimate of drug-likeness (QED) is 0.623. The average molecular weight is 299 g/mol. The molecule has 2 aromatic heterocycles. The Kier molecular flexibility index (Phi) is 3.37. The molecule has 0 bridgehead atoms. The predicted molar refractivity (Wildman–Crippen MR) is 90.3 cm³/mol. The van der Waals surface area contributed by atoms with E-state index >= 15 is 0 Å². The van der Waals surface area contributed by atoms with Crippen molar-refractivity contribution < 1.29 is 0 Å². The zero-order chi connectivity index (χ0) is 15.5. The maximum Gasteiger partial charge on any atom is 0.228 e. The van der Waals surface area contributed by atoms with Crippen LogP contribution in [0.25, 0.3) is 22.3 Å². The fourth-order valence-electron chi connectivity index (χ4n) is 2.36. The Labute approximate surface area is 133 Å². The molecule has 0 atom stereocenters. The van der Waals surface area contributed by atoms with Crippen LogP contribution in [0.2, 0.25) is 0 Å². The number of fused-ring (bicyclic) bond motifs is 1. The molecule has 5 nitrogen and oxygen atoms in total. The largest absolute Gasteiger partial charge is 0.308 e. The molecule has 110 valence electrons. The summed E-state index contributed by atoms with van der Waals surface area (Å²) in [6.45, 7) is 0. The van der Waals surface area contributed by atoms with E-state index in [4.69, 9.17) is 0 Å². The van der Waals surface area contributed by atoms with Crippen molar-refractivity contribution in [1.82, 2.24) is 19.9 Å². The fraction of sp³-hybridized carbons (Fsp3) is 0. The van der Waals surface area contributed by atoms with Crippen LogP contribution >= 0.6 is 0 Å². The van der Waals surface area contributed by atoms with Gasteiger partial charge in [0.25, 0.3) is 0 Å². The highest BCUT2D eigenvalue weighted by atomic mass is 15.1. The van der Waals surface area contributed by atoms with Crippen molar-refractivity contribution >= 4 is 22.7 Å². The summed E-state index contributed by atoms with van der Waals surface area (Å²) in [7, 11) is 0. The minimum absolute atomic E-state index is 0.510. The molecule has 0 spiro atoms. The third kappa shape index (κ3) is 2.72. The Morgan fingerprint density at radius 3 is 2.26 bits per heavy atom. The molecular weight excluding hydrogens is 286 g/mol. The molecule has 0 amide bonds. The number of nitrogens with one attached hydrogen (secondary N) is 1. The molecule has 2 aromatic carbocycles. The molecule has 0 radical (unpaired) electrons. The lowest BCUT2D eigenvalue weighted by molar-refractivity contribution is 1.14. The molecule has 5 heteroatoms. The van der Waals surface area contributed by atoms with E-state index in [1.54, 1.807) is 18.5 Å². The van der Waals surface area contributed by atoms with Crippen LogP contribution in [-0.4, -0.2) is 19.9 Å². The minimum Gasteiger partial charge on any atom is -0.308 e.